The third-order valence-electron chi connectivity index (χ3n) is 4.09. The third-order valence-corrected chi connectivity index (χ3v) is 4.09. The Kier molecular flexibility index (Phi) is 3.77. The maximum absolute atomic E-state index is 11.7. The van der Waals surface area contributed by atoms with E-state index >= 15 is 0 Å². The van der Waals surface area contributed by atoms with Crippen molar-refractivity contribution in [3.05, 3.63) is 35.6 Å². The number of furan rings is 1. The molecule has 1 aromatic heterocycles. The highest BCUT2D eigenvalue weighted by Crippen LogP contribution is 2.34. The molecule has 0 radical (unpaired) electrons. The van der Waals surface area contributed by atoms with E-state index in [9.17, 15) is 4.79 Å². The fourth-order valence-electron chi connectivity index (χ4n) is 3.05. The molecule has 1 aliphatic rings. The van der Waals surface area contributed by atoms with E-state index in [0.29, 0.717) is 18.3 Å². The molecular weight excluding hydrogens is 252 g/mol. The van der Waals surface area contributed by atoms with Gasteiger partial charge in [0.05, 0.1) is 6.61 Å². The molecule has 1 aliphatic carbocycles. The number of fused-ring (bicyclic) bond motifs is 1. The van der Waals surface area contributed by atoms with E-state index in [1.165, 1.54) is 37.7 Å². The van der Waals surface area contributed by atoms with Crippen molar-refractivity contribution < 1.29 is 13.9 Å². The number of carbonyl (C=O) groups is 1. The van der Waals surface area contributed by atoms with Crippen LogP contribution in [0.2, 0.25) is 0 Å². The number of benzene rings is 1. The molecule has 0 N–H and O–H groups in total. The summed E-state index contributed by atoms with van der Waals surface area (Å²) in [6.45, 7) is 2.16. The first-order valence-corrected chi connectivity index (χ1v) is 7.48. The standard InChI is InChI=1S/C17H20O3/c1-2-19-17(18)16-11-14-10-13(8-9-15(14)20-16)12-6-4-3-5-7-12/h8-12H,2-7H2,1H3. The maximum atomic E-state index is 11.7. The second-order valence-electron chi connectivity index (χ2n) is 5.46. The number of esters is 1. The van der Waals surface area contributed by atoms with Crippen molar-refractivity contribution in [3.63, 3.8) is 0 Å². The molecule has 0 atom stereocenters. The fraction of sp³-hybridized carbons (Fsp3) is 0.471. The molecule has 106 valence electrons. The van der Waals surface area contributed by atoms with Crippen LogP contribution in [0.4, 0.5) is 0 Å². The Bertz CT molecular complexity index is 606. The Morgan fingerprint density at radius 3 is 2.80 bits per heavy atom. The Labute approximate surface area is 118 Å². The quantitative estimate of drug-likeness (QED) is 0.763. The first-order chi connectivity index (χ1) is 9.78. The highest BCUT2D eigenvalue weighted by Gasteiger charge is 2.18. The molecule has 0 spiro atoms. The second kappa shape index (κ2) is 5.70. The molecule has 20 heavy (non-hydrogen) atoms. The van der Waals surface area contributed by atoms with Gasteiger partial charge in [-0.25, -0.2) is 4.79 Å². The minimum absolute atomic E-state index is 0.294. The van der Waals surface area contributed by atoms with Crippen molar-refractivity contribution in [3.8, 4) is 0 Å². The molecule has 1 aromatic carbocycles. The Hall–Kier alpha value is -1.77. The molecule has 1 fully saturated rings. The predicted octanol–water partition coefficient (Wildman–Crippen LogP) is 4.66. The highest BCUT2D eigenvalue weighted by atomic mass is 16.5. The van der Waals surface area contributed by atoms with E-state index < -0.39 is 0 Å². The van der Waals surface area contributed by atoms with Gasteiger partial charge in [-0.05, 0) is 49.4 Å². The first kappa shape index (κ1) is 13.2. The summed E-state index contributed by atoms with van der Waals surface area (Å²) in [4.78, 5) is 11.7. The first-order valence-electron chi connectivity index (χ1n) is 7.48. The van der Waals surface area contributed by atoms with Crippen molar-refractivity contribution >= 4 is 16.9 Å². The fourth-order valence-corrected chi connectivity index (χ4v) is 3.05. The molecule has 2 aromatic rings. The SMILES string of the molecule is CCOC(=O)c1cc2cc(C3CCCCC3)ccc2o1. The van der Waals surface area contributed by atoms with Crippen molar-refractivity contribution in [1.82, 2.24) is 0 Å². The zero-order chi connectivity index (χ0) is 13.9. The minimum Gasteiger partial charge on any atom is -0.460 e. The smallest absolute Gasteiger partial charge is 0.374 e. The highest BCUT2D eigenvalue weighted by molar-refractivity contribution is 5.92. The van der Waals surface area contributed by atoms with E-state index in [1.807, 2.05) is 6.07 Å². The number of rotatable bonds is 3. The van der Waals surface area contributed by atoms with Crippen molar-refractivity contribution in [2.24, 2.45) is 0 Å². The molecular formula is C17H20O3. The van der Waals surface area contributed by atoms with Crippen molar-refractivity contribution in [2.75, 3.05) is 6.61 Å². The molecule has 0 amide bonds. The van der Waals surface area contributed by atoms with E-state index in [4.69, 9.17) is 9.15 Å². The molecule has 0 unspecified atom stereocenters. The van der Waals surface area contributed by atoms with E-state index in [-0.39, 0.29) is 5.97 Å². The van der Waals surface area contributed by atoms with Crippen LogP contribution in [0.25, 0.3) is 11.0 Å². The lowest BCUT2D eigenvalue weighted by Crippen LogP contribution is -2.03. The maximum Gasteiger partial charge on any atom is 0.374 e. The Morgan fingerprint density at radius 1 is 1.25 bits per heavy atom. The van der Waals surface area contributed by atoms with Gasteiger partial charge in [-0.3, -0.25) is 0 Å². The minimum atomic E-state index is -0.386. The van der Waals surface area contributed by atoms with Gasteiger partial charge in [0.25, 0.3) is 0 Å². The average Bonchev–Trinajstić information content (AvgIpc) is 2.91. The van der Waals surface area contributed by atoms with Gasteiger partial charge in [0.15, 0.2) is 0 Å². The second-order valence-corrected chi connectivity index (χ2v) is 5.46. The van der Waals surface area contributed by atoms with Crippen LogP contribution in [-0.4, -0.2) is 12.6 Å². The number of hydrogen-bond donors (Lipinski definition) is 0. The Balaban J connectivity index is 1.88. The normalized spacial score (nSPS) is 16.4. The number of ether oxygens (including phenoxy) is 1. The van der Waals surface area contributed by atoms with Crippen LogP contribution in [0, 0.1) is 0 Å². The molecule has 0 saturated heterocycles. The van der Waals surface area contributed by atoms with Crippen LogP contribution in [-0.2, 0) is 4.74 Å². The summed E-state index contributed by atoms with van der Waals surface area (Å²) in [6.07, 6.45) is 6.55. The molecule has 1 heterocycles. The molecule has 0 aliphatic heterocycles. The average molecular weight is 272 g/mol. The topological polar surface area (TPSA) is 39.4 Å². The van der Waals surface area contributed by atoms with E-state index in [0.717, 1.165) is 11.0 Å². The summed E-state index contributed by atoms with van der Waals surface area (Å²) in [6, 6.07) is 8.07. The van der Waals surface area contributed by atoms with Gasteiger partial charge in [-0.15, -0.1) is 0 Å². The molecule has 3 nitrogen and oxygen atoms in total. The largest absolute Gasteiger partial charge is 0.460 e. The van der Waals surface area contributed by atoms with Crippen molar-refractivity contribution in [1.29, 1.82) is 0 Å². The van der Waals surface area contributed by atoms with Gasteiger partial charge < -0.3 is 9.15 Å². The number of hydrogen-bond acceptors (Lipinski definition) is 3. The van der Waals surface area contributed by atoms with E-state index in [1.54, 1.807) is 13.0 Å². The zero-order valence-corrected chi connectivity index (χ0v) is 11.9. The van der Waals surface area contributed by atoms with Crippen LogP contribution >= 0.6 is 0 Å². The van der Waals surface area contributed by atoms with Crippen LogP contribution < -0.4 is 0 Å². The van der Waals surface area contributed by atoms with Crippen LogP contribution in [0.5, 0.6) is 0 Å². The molecule has 3 rings (SSSR count). The van der Waals surface area contributed by atoms with Gasteiger partial charge in [-0.2, -0.15) is 0 Å². The molecule has 0 bridgehead atoms. The van der Waals surface area contributed by atoms with Gasteiger partial charge in [0.2, 0.25) is 5.76 Å². The summed E-state index contributed by atoms with van der Waals surface area (Å²) in [7, 11) is 0. The van der Waals surface area contributed by atoms with Gasteiger partial charge in [0, 0.05) is 5.39 Å². The van der Waals surface area contributed by atoms with Crippen LogP contribution in [0.1, 0.15) is 61.1 Å². The lowest BCUT2D eigenvalue weighted by molar-refractivity contribution is 0.0492. The lowest BCUT2D eigenvalue weighted by Gasteiger charge is -2.21. The summed E-state index contributed by atoms with van der Waals surface area (Å²) in [5, 5.41) is 0.996. The zero-order valence-electron chi connectivity index (χ0n) is 11.9. The summed E-state index contributed by atoms with van der Waals surface area (Å²) < 4.78 is 10.5. The van der Waals surface area contributed by atoms with Gasteiger partial charge in [-0.1, -0.05) is 25.3 Å². The summed E-state index contributed by atoms with van der Waals surface area (Å²) in [5.74, 6) is 0.569. The van der Waals surface area contributed by atoms with Gasteiger partial charge in [0.1, 0.15) is 5.58 Å². The number of carbonyl (C=O) groups excluding carboxylic acids is 1. The van der Waals surface area contributed by atoms with Crippen LogP contribution in [0.3, 0.4) is 0 Å². The summed E-state index contributed by atoms with van der Waals surface area (Å²) >= 11 is 0. The monoisotopic (exact) mass is 272 g/mol. The summed E-state index contributed by atoms with van der Waals surface area (Å²) in [5.41, 5.74) is 2.13. The van der Waals surface area contributed by atoms with Gasteiger partial charge >= 0.3 is 5.97 Å². The molecule has 1 saturated carbocycles. The van der Waals surface area contributed by atoms with Crippen LogP contribution in [0.15, 0.2) is 28.7 Å². The predicted molar refractivity (Wildman–Crippen MR) is 78.0 cm³/mol. The third kappa shape index (κ3) is 2.58. The van der Waals surface area contributed by atoms with E-state index in [2.05, 4.69) is 12.1 Å². The van der Waals surface area contributed by atoms with Crippen molar-refractivity contribution in [2.45, 2.75) is 44.9 Å². The molecule has 3 heteroatoms. The Morgan fingerprint density at radius 2 is 2.05 bits per heavy atom. The lowest BCUT2D eigenvalue weighted by atomic mass is 9.84.